The first-order valence-electron chi connectivity index (χ1n) is 5.92. The van der Waals surface area contributed by atoms with Crippen LogP contribution in [0.15, 0.2) is 18.2 Å². The summed E-state index contributed by atoms with van der Waals surface area (Å²) >= 11 is 0. The van der Waals surface area contributed by atoms with Crippen molar-refractivity contribution in [3.05, 3.63) is 29.3 Å². The van der Waals surface area contributed by atoms with Crippen LogP contribution >= 0.6 is 0 Å². The van der Waals surface area contributed by atoms with Crippen LogP contribution in [0, 0.1) is 6.92 Å². The van der Waals surface area contributed by atoms with Crippen LogP contribution in [0.3, 0.4) is 0 Å². The van der Waals surface area contributed by atoms with Crippen molar-refractivity contribution in [3.63, 3.8) is 0 Å². The lowest BCUT2D eigenvalue weighted by atomic mass is 10.1. The van der Waals surface area contributed by atoms with Crippen molar-refractivity contribution < 1.29 is 14.9 Å². The molecule has 0 aliphatic rings. The van der Waals surface area contributed by atoms with Gasteiger partial charge in [-0.25, -0.2) is 0 Å². The molecule has 4 heteroatoms. The molecular weight excluding hydrogens is 218 g/mol. The Balaban J connectivity index is 2.15. The Labute approximate surface area is 102 Å². The summed E-state index contributed by atoms with van der Waals surface area (Å²) in [5, 5.41) is 21.4. The number of hydrogen-bond acceptors (Lipinski definition) is 4. The molecule has 0 saturated carbocycles. The Kier molecular flexibility index (Phi) is 6.62. The number of aliphatic hydroxyl groups excluding tert-OH is 1. The predicted octanol–water partition coefficient (Wildman–Crippen LogP) is 1.19. The van der Waals surface area contributed by atoms with E-state index in [1.54, 1.807) is 6.07 Å². The summed E-state index contributed by atoms with van der Waals surface area (Å²) in [4.78, 5) is 0. The van der Waals surface area contributed by atoms with E-state index in [9.17, 15) is 5.11 Å². The average Bonchev–Trinajstić information content (AvgIpc) is 2.32. The lowest BCUT2D eigenvalue weighted by Gasteiger charge is -2.08. The first-order chi connectivity index (χ1) is 8.24. The number of hydrogen-bond donors (Lipinski definition) is 3. The van der Waals surface area contributed by atoms with Crippen LogP contribution in [0.1, 0.15) is 17.5 Å². The first kappa shape index (κ1) is 14.0. The van der Waals surface area contributed by atoms with Crippen molar-refractivity contribution in [2.45, 2.75) is 19.9 Å². The first-order valence-corrected chi connectivity index (χ1v) is 5.92. The number of aliphatic hydroxyl groups is 1. The summed E-state index contributed by atoms with van der Waals surface area (Å²) in [7, 11) is 0. The maximum Gasteiger partial charge on any atom is 0.120 e. The van der Waals surface area contributed by atoms with Crippen molar-refractivity contribution in [1.82, 2.24) is 5.32 Å². The molecule has 0 fully saturated rings. The van der Waals surface area contributed by atoms with Gasteiger partial charge >= 0.3 is 0 Å². The molecule has 0 saturated heterocycles. The van der Waals surface area contributed by atoms with Crippen LogP contribution < -0.4 is 5.32 Å². The summed E-state index contributed by atoms with van der Waals surface area (Å²) in [5.74, 6) is 0.333. The van der Waals surface area contributed by atoms with Gasteiger partial charge in [0.25, 0.3) is 0 Å². The number of aryl methyl sites for hydroxylation is 1. The van der Waals surface area contributed by atoms with Crippen molar-refractivity contribution in [1.29, 1.82) is 0 Å². The van der Waals surface area contributed by atoms with Gasteiger partial charge in [-0.05, 0) is 26.0 Å². The van der Waals surface area contributed by atoms with Crippen LogP contribution in [0.4, 0.5) is 0 Å². The van der Waals surface area contributed by atoms with Crippen LogP contribution in [-0.2, 0) is 11.3 Å². The Hall–Kier alpha value is -1.10. The van der Waals surface area contributed by atoms with E-state index < -0.39 is 0 Å². The lowest BCUT2D eigenvalue weighted by molar-refractivity contribution is 0.0907. The van der Waals surface area contributed by atoms with Crippen LogP contribution in [0.5, 0.6) is 5.75 Å². The Morgan fingerprint density at radius 3 is 2.88 bits per heavy atom. The Morgan fingerprint density at radius 1 is 1.29 bits per heavy atom. The summed E-state index contributed by atoms with van der Waals surface area (Å²) in [6.45, 7) is 4.62. The van der Waals surface area contributed by atoms with Gasteiger partial charge in [-0.2, -0.15) is 0 Å². The maximum atomic E-state index is 9.62. The number of phenols is 1. The van der Waals surface area contributed by atoms with E-state index in [0.29, 0.717) is 25.5 Å². The second-order valence-corrected chi connectivity index (χ2v) is 4.00. The molecule has 3 N–H and O–H groups in total. The van der Waals surface area contributed by atoms with E-state index in [-0.39, 0.29) is 6.61 Å². The van der Waals surface area contributed by atoms with E-state index in [2.05, 4.69) is 5.32 Å². The molecule has 17 heavy (non-hydrogen) atoms. The van der Waals surface area contributed by atoms with E-state index in [1.807, 2.05) is 19.1 Å². The molecule has 0 amide bonds. The lowest BCUT2D eigenvalue weighted by Crippen LogP contribution is -2.17. The minimum absolute atomic E-state index is 0.0740. The van der Waals surface area contributed by atoms with Crippen LogP contribution in [-0.4, -0.2) is 36.6 Å². The second-order valence-electron chi connectivity index (χ2n) is 4.00. The largest absolute Gasteiger partial charge is 0.508 e. The van der Waals surface area contributed by atoms with Gasteiger partial charge in [0, 0.05) is 18.7 Å². The third-order valence-electron chi connectivity index (χ3n) is 2.43. The molecule has 0 spiro atoms. The fourth-order valence-corrected chi connectivity index (χ4v) is 1.54. The highest BCUT2D eigenvalue weighted by Gasteiger charge is 2.00. The number of aromatic hydroxyl groups is 1. The van der Waals surface area contributed by atoms with Gasteiger partial charge in [-0.15, -0.1) is 0 Å². The molecule has 0 aliphatic heterocycles. The van der Waals surface area contributed by atoms with Gasteiger partial charge < -0.3 is 20.3 Å². The highest BCUT2D eigenvalue weighted by Crippen LogP contribution is 2.17. The van der Waals surface area contributed by atoms with Crippen molar-refractivity contribution in [3.8, 4) is 5.75 Å². The molecule has 4 nitrogen and oxygen atoms in total. The molecule has 1 aromatic carbocycles. The molecular formula is C13H21NO3. The molecule has 0 aromatic heterocycles. The zero-order valence-corrected chi connectivity index (χ0v) is 10.3. The zero-order chi connectivity index (χ0) is 12.5. The molecule has 0 unspecified atom stereocenters. The van der Waals surface area contributed by atoms with Gasteiger partial charge in [0.15, 0.2) is 0 Å². The molecule has 0 atom stereocenters. The fraction of sp³-hybridized carbons (Fsp3) is 0.538. The standard InChI is InChI=1S/C13H21NO3/c1-11-3-4-13(16)12(9-11)10-14-5-2-7-17-8-6-15/h3-4,9,14-16H,2,5-8,10H2,1H3. The summed E-state index contributed by atoms with van der Waals surface area (Å²) < 4.78 is 5.14. The fourth-order valence-electron chi connectivity index (χ4n) is 1.54. The number of phenolic OH excluding ortho intramolecular Hbond substituents is 1. The predicted molar refractivity (Wildman–Crippen MR) is 67.1 cm³/mol. The Bertz CT molecular complexity index is 328. The monoisotopic (exact) mass is 239 g/mol. The maximum absolute atomic E-state index is 9.62. The van der Waals surface area contributed by atoms with E-state index in [0.717, 1.165) is 24.1 Å². The third-order valence-corrected chi connectivity index (χ3v) is 2.43. The van der Waals surface area contributed by atoms with Crippen molar-refractivity contribution in [2.24, 2.45) is 0 Å². The van der Waals surface area contributed by atoms with E-state index >= 15 is 0 Å². The van der Waals surface area contributed by atoms with Crippen molar-refractivity contribution >= 4 is 0 Å². The van der Waals surface area contributed by atoms with E-state index in [4.69, 9.17) is 9.84 Å². The van der Waals surface area contributed by atoms with E-state index in [1.165, 1.54) is 0 Å². The molecule has 0 aliphatic carbocycles. The number of nitrogens with one attached hydrogen (secondary N) is 1. The number of rotatable bonds is 8. The molecule has 1 rings (SSSR count). The van der Waals surface area contributed by atoms with Gasteiger partial charge in [0.05, 0.1) is 13.2 Å². The molecule has 1 aromatic rings. The summed E-state index contributed by atoms with van der Waals surface area (Å²) in [5.41, 5.74) is 2.06. The van der Waals surface area contributed by atoms with Gasteiger partial charge in [-0.3, -0.25) is 0 Å². The summed E-state index contributed by atoms with van der Waals surface area (Å²) in [6.07, 6.45) is 0.895. The topological polar surface area (TPSA) is 61.7 Å². The molecule has 0 radical (unpaired) electrons. The van der Waals surface area contributed by atoms with Crippen LogP contribution in [0.25, 0.3) is 0 Å². The number of benzene rings is 1. The summed E-state index contributed by atoms with van der Waals surface area (Å²) in [6, 6.07) is 5.59. The minimum Gasteiger partial charge on any atom is -0.508 e. The van der Waals surface area contributed by atoms with Gasteiger partial charge in [0.2, 0.25) is 0 Å². The highest BCUT2D eigenvalue weighted by molar-refractivity contribution is 5.35. The molecule has 0 bridgehead atoms. The second kappa shape index (κ2) is 8.06. The van der Waals surface area contributed by atoms with Crippen molar-refractivity contribution in [2.75, 3.05) is 26.4 Å². The highest BCUT2D eigenvalue weighted by atomic mass is 16.5. The molecule has 0 heterocycles. The normalized spacial score (nSPS) is 10.7. The zero-order valence-electron chi connectivity index (χ0n) is 10.3. The average molecular weight is 239 g/mol. The van der Waals surface area contributed by atoms with Crippen LogP contribution in [0.2, 0.25) is 0 Å². The SMILES string of the molecule is Cc1ccc(O)c(CNCCCOCCO)c1. The van der Waals surface area contributed by atoms with Gasteiger partial charge in [-0.1, -0.05) is 17.7 Å². The quantitative estimate of drug-likeness (QED) is 0.596. The third kappa shape index (κ3) is 5.68. The number of ether oxygens (including phenoxy) is 1. The smallest absolute Gasteiger partial charge is 0.120 e. The molecule has 96 valence electrons. The minimum atomic E-state index is 0.0740. The Morgan fingerprint density at radius 2 is 2.12 bits per heavy atom. The van der Waals surface area contributed by atoms with Gasteiger partial charge in [0.1, 0.15) is 5.75 Å².